The monoisotopic (exact) mass is 234 g/mol. The van der Waals surface area contributed by atoms with Crippen molar-refractivity contribution in [1.29, 1.82) is 0 Å². The third-order valence-electron chi connectivity index (χ3n) is 4.20. The van der Waals surface area contributed by atoms with Crippen LogP contribution in [0.25, 0.3) is 0 Å². The Kier molecular flexibility index (Phi) is 2.89. The smallest absolute Gasteiger partial charge is 0.123 e. The van der Waals surface area contributed by atoms with Crippen LogP contribution in [-0.4, -0.2) is 23.0 Å². The van der Waals surface area contributed by atoms with Crippen LogP contribution in [0.2, 0.25) is 0 Å². The summed E-state index contributed by atoms with van der Waals surface area (Å²) in [5, 5.41) is 0. The van der Waals surface area contributed by atoms with Crippen LogP contribution in [0, 0.1) is 5.82 Å². The molecule has 2 aliphatic rings. The van der Waals surface area contributed by atoms with E-state index in [1.165, 1.54) is 18.4 Å². The van der Waals surface area contributed by atoms with Gasteiger partial charge in [-0.1, -0.05) is 12.1 Å². The zero-order valence-corrected chi connectivity index (χ0v) is 9.98. The minimum absolute atomic E-state index is 0.155. The Bertz CT molecular complexity index is 376. The number of nitrogens with two attached hydrogens (primary N) is 1. The minimum Gasteiger partial charge on any atom is -0.328 e. The van der Waals surface area contributed by atoms with E-state index in [1.54, 1.807) is 12.1 Å². The standard InChI is InChI=1S/C14H19FN2/c15-11-3-1-10(2-4-11)9-17-13-5-6-14(17)8-12(16)7-13/h1-4,12-14H,5-9,16H2/t12-,13+,14-. The summed E-state index contributed by atoms with van der Waals surface area (Å²) in [4.78, 5) is 2.57. The van der Waals surface area contributed by atoms with Crippen molar-refractivity contribution in [2.24, 2.45) is 5.73 Å². The molecule has 2 nitrogen and oxygen atoms in total. The molecule has 2 heterocycles. The van der Waals surface area contributed by atoms with Gasteiger partial charge in [0.25, 0.3) is 0 Å². The van der Waals surface area contributed by atoms with Gasteiger partial charge >= 0.3 is 0 Å². The molecule has 2 aliphatic heterocycles. The second-order valence-corrected chi connectivity index (χ2v) is 5.42. The predicted octanol–water partition coefficient (Wildman–Crippen LogP) is 2.28. The van der Waals surface area contributed by atoms with Gasteiger partial charge in [-0.05, 0) is 43.4 Å². The van der Waals surface area contributed by atoms with Gasteiger partial charge in [-0.2, -0.15) is 0 Å². The van der Waals surface area contributed by atoms with Crippen LogP contribution < -0.4 is 5.73 Å². The molecule has 17 heavy (non-hydrogen) atoms. The average Bonchev–Trinajstić information content (AvgIpc) is 2.56. The van der Waals surface area contributed by atoms with E-state index in [0.717, 1.165) is 19.4 Å². The maximum absolute atomic E-state index is 12.9. The summed E-state index contributed by atoms with van der Waals surface area (Å²) >= 11 is 0. The summed E-state index contributed by atoms with van der Waals surface area (Å²) in [6.07, 6.45) is 4.80. The molecule has 2 bridgehead atoms. The number of hydrogen-bond donors (Lipinski definition) is 1. The van der Waals surface area contributed by atoms with E-state index >= 15 is 0 Å². The highest BCUT2D eigenvalue weighted by atomic mass is 19.1. The van der Waals surface area contributed by atoms with Gasteiger partial charge in [0.05, 0.1) is 0 Å². The molecule has 0 radical (unpaired) electrons. The Morgan fingerprint density at radius 1 is 1.12 bits per heavy atom. The van der Waals surface area contributed by atoms with Crippen molar-refractivity contribution < 1.29 is 4.39 Å². The molecular formula is C14H19FN2. The van der Waals surface area contributed by atoms with E-state index in [1.807, 2.05) is 12.1 Å². The van der Waals surface area contributed by atoms with Crippen LogP contribution >= 0.6 is 0 Å². The maximum Gasteiger partial charge on any atom is 0.123 e. The number of halogens is 1. The fraction of sp³-hybridized carbons (Fsp3) is 0.571. The van der Waals surface area contributed by atoms with Crippen molar-refractivity contribution in [3.05, 3.63) is 35.6 Å². The van der Waals surface area contributed by atoms with Gasteiger partial charge in [-0.15, -0.1) is 0 Å². The van der Waals surface area contributed by atoms with Crippen molar-refractivity contribution in [1.82, 2.24) is 4.90 Å². The van der Waals surface area contributed by atoms with E-state index in [2.05, 4.69) is 4.90 Å². The van der Waals surface area contributed by atoms with E-state index in [0.29, 0.717) is 18.1 Å². The Labute approximate surface area is 102 Å². The summed E-state index contributed by atoms with van der Waals surface area (Å²) < 4.78 is 12.9. The number of nitrogens with zero attached hydrogens (tertiary/aromatic N) is 1. The molecule has 0 spiro atoms. The largest absolute Gasteiger partial charge is 0.328 e. The summed E-state index contributed by atoms with van der Waals surface area (Å²) in [6, 6.07) is 8.56. The van der Waals surface area contributed by atoms with Crippen molar-refractivity contribution >= 4 is 0 Å². The summed E-state index contributed by atoms with van der Waals surface area (Å²) in [6.45, 7) is 0.947. The lowest BCUT2D eigenvalue weighted by Gasteiger charge is -2.37. The maximum atomic E-state index is 12.9. The van der Waals surface area contributed by atoms with Crippen LogP contribution in [-0.2, 0) is 6.54 Å². The van der Waals surface area contributed by atoms with Gasteiger partial charge in [0.1, 0.15) is 5.82 Å². The quantitative estimate of drug-likeness (QED) is 0.850. The third kappa shape index (κ3) is 2.22. The Balaban J connectivity index is 1.72. The second kappa shape index (κ2) is 4.39. The third-order valence-corrected chi connectivity index (χ3v) is 4.20. The average molecular weight is 234 g/mol. The van der Waals surface area contributed by atoms with Gasteiger partial charge in [-0.3, -0.25) is 4.90 Å². The molecular weight excluding hydrogens is 215 g/mol. The lowest BCUT2D eigenvalue weighted by atomic mass is 9.97. The van der Waals surface area contributed by atoms with Crippen molar-refractivity contribution in [2.75, 3.05) is 0 Å². The van der Waals surface area contributed by atoms with Crippen molar-refractivity contribution in [3.63, 3.8) is 0 Å². The molecule has 3 atom stereocenters. The van der Waals surface area contributed by atoms with Crippen LogP contribution in [0.4, 0.5) is 4.39 Å². The van der Waals surface area contributed by atoms with Gasteiger partial charge < -0.3 is 5.73 Å². The Hall–Kier alpha value is -0.930. The molecule has 92 valence electrons. The number of rotatable bonds is 2. The van der Waals surface area contributed by atoms with Crippen molar-refractivity contribution in [2.45, 2.75) is 50.4 Å². The van der Waals surface area contributed by atoms with Crippen LogP contribution in [0.5, 0.6) is 0 Å². The highest BCUT2D eigenvalue weighted by Gasteiger charge is 2.39. The first-order valence-electron chi connectivity index (χ1n) is 6.48. The lowest BCUT2D eigenvalue weighted by molar-refractivity contribution is 0.120. The van der Waals surface area contributed by atoms with E-state index in [9.17, 15) is 4.39 Å². The molecule has 0 aromatic heterocycles. The first-order chi connectivity index (χ1) is 8.22. The molecule has 3 heteroatoms. The van der Waals surface area contributed by atoms with Crippen LogP contribution in [0.15, 0.2) is 24.3 Å². The van der Waals surface area contributed by atoms with Gasteiger partial charge in [0.15, 0.2) is 0 Å². The topological polar surface area (TPSA) is 29.3 Å². The first-order valence-corrected chi connectivity index (χ1v) is 6.48. The van der Waals surface area contributed by atoms with Gasteiger partial charge in [0, 0.05) is 24.7 Å². The molecule has 2 fully saturated rings. The lowest BCUT2D eigenvalue weighted by Crippen LogP contribution is -2.46. The van der Waals surface area contributed by atoms with Gasteiger partial charge in [0.2, 0.25) is 0 Å². The highest BCUT2D eigenvalue weighted by Crippen LogP contribution is 2.36. The number of benzene rings is 1. The zero-order valence-electron chi connectivity index (χ0n) is 9.98. The Morgan fingerprint density at radius 3 is 2.29 bits per heavy atom. The molecule has 2 saturated heterocycles. The van der Waals surface area contributed by atoms with E-state index < -0.39 is 0 Å². The van der Waals surface area contributed by atoms with Crippen LogP contribution in [0.1, 0.15) is 31.2 Å². The van der Waals surface area contributed by atoms with Crippen LogP contribution in [0.3, 0.4) is 0 Å². The summed E-state index contributed by atoms with van der Waals surface area (Å²) in [5.41, 5.74) is 7.26. The molecule has 1 aromatic rings. The van der Waals surface area contributed by atoms with E-state index in [4.69, 9.17) is 5.73 Å². The highest BCUT2D eigenvalue weighted by molar-refractivity contribution is 5.17. The normalized spacial score (nSPS) is 32.9. The van der Waals surface area contributed by atoms with E-state index in [-0.39, 0.29) is 5.82 Å². The number of fused-ring (bicyclic) bond motifs is 2. The number of hydrogen-bond acceptors (Lipinski definition) is 2. The molecule has 1 aromatic carbocycles. The molecule has 0 aliphatic carbocycles. The number of piperidine rings is 1. The zero-order chi connectivity index (χ0) is 11.8. The second-order valence-electron chi connectivity index (χ2n) is 5.42. The molecule has 0 amide bonds. The molecule has 0 saturated carbocycles. The minimum atomic E-state index is -0.155. The predicted molar refractivity (Wildman–Crippen MR) is 66.0 cm³/mol. The summed E-state index contributed by atoms with van der Waals surface area (Å²) in [5.74, 6) is -0.155. The fourth-order valence-electron chi connectivity index (χ4n) is 3.38. The Morgan fingerprint density at radius 2 is 1.71 bits per heavy atom. The van der Waals surface area contributed by atoms with Gasteiger partial charge in [-0.25, -0.2) is 4.39 Å². The summed E-state index contributed by atoms with van der Waals surface area (Å²) in [7, 11) is 0. The SMILES string of the molecule is N[C@H]1C[C@H]2CC[C@@H](C1)N2Cc1ccc(F)cc1. The molecule has 3 rings (SSSR count). The van der Waals surface area contributed by atoms with Crippen molar-refractivity contribution in [3.8, 4) is 0 Å². The first kappa shape index (κ1) is 11.2. The fourth-order valence-corrected chi connectivity index (χ4v) is 3.38. The molecule has 0 unspecified atom stereocenters. The molecule has 2 N–H and O–H groups in total.